The summed E-state index contributed by atoms with van der Waals surface area (Å²) >= 11 is 1.78. The number of thiophene rings is 1. The Hall–Kier alpha value is -1.72. The minimum absolute atomic E-state index is 0.362. The molecule has 0 aromatic carbocycles. The lowest BCUT2D eigenvalue weighted by atomic mass is 10.2. The number of pyridine rings is 1. The highest BCUT2D eigenvalue weighted by Crippen LogP contribution is 2.20. The van der Waals surface area contributed by atoms with Crippen LogP contribution in [0.15, 0.2) is 29.8 Å². The molecule has 1 atom stereocenters. The van der Waals surface area contributed by atoms with Crippen LogP contribution in [-0.4, -0.2) is 14.8 Å². The smallest absolute Gasteiger partial charge is 0.157 e. The highest BCUT2D eigenvalue weighted by atomic mass is 32.1. The van der Waals surface area contributed by atoms with E-state index in [-0.39, 0.29) is 0 Å². The lowest BCUT2D eigenvalue weighted by molar-refractivity contribution is 0.582. The summed E-state index contributed by atoms with van der Waals surface area (Å²) in [5.41, 5.74) is 3.16. The summed E-state index contributed by atoms with van der Waals surface area (Å²) in [6, 6.07) is 6.79. The lowest BCUT2D eigenvalue weighted by Crippen LogP contribution is -2.17. The summed E-state index contributed by atoms with van der Waals surface area (Å²) in [6.45, 7) is 5.03. The quantitative estimate of drug-likeness (QED) is 0.801. The summed E-state index contributed by atoms with van der Waals surface area (Å²) in [6.07, 6.45) is 1.93. The molecule has 0 amide bonds. The molecule has 104 valence electrons. The van der Waals surface area contributed by atoms with Gasteiger partial charge in [-0.3, -0.25) is 4.68 Å². The first-order valence-corrected chi connectivity index (χ1v) is 7.58. The first-order chi connectivity index (χ1) is 9.65. The molecule has 0 aliphatic rings. The van der Waals surface area contributed by atoms with Gasteiger partial charge in [0.15, 0.2) is 5.65 Å². The van der Waals surface area contributed by atoms with Gasteiger partial charge in [-0.15, -0.1) is 11.3 Å². The number of rotatable bonds is 4. The molecule has 0 aliphatic carbocycles. The molecule has 3 aromatic heterocycles. The van der Waals surface area contributed by atoms with Crippen molar-refractivity contribution in [3.05, 3.63) is 45.9 Å². The van der Waals surface area contributed by atoms with E-state index < -0.39 is 0 Å². The highest BCUT2D eigenvalue weighted by molar-refractivity contribution is 7.10. The summed E-state index contributed by atoms with van der Waals surface area (Å²) < 4.78 is 1.83. The van der Waals surface area contributed by atoms with Crippen molar-refractivity contribution in [2.75, 3.05) is 0 Å². The van der Waals surface area contributed by atoms with Crippen molar-refractivity contribution < 1.29 is 0 Å². The number of hydrogen-bond acceptors (Lipinski definition) is 4. The van der Waals surface area contributed by atoms with E-state index >= 15 is 0 Å². The van der Waals surface area contributed by atoms with Crippen molar-refractivity contribution in [3.63, 3.8) is 0 Å². The molecular weight excluding hydrogens is 268 g/mol. The zero-order valence-electron chi connectivity index (χ0n) is 11.9. The van der Waals surface area contributed by atoms with Gasteiger partial charge < -0.3 is 5.32 Å². The molecule has 0 bridgehead atoms. The van der Waals surface area contributed by atoms with Gasteiger partial charge in [-0.2, -0.15) is 5.10 Å². The lowest BCUT2D eigenvalue weighted by Gasteiger charge is -2.12. The van der Waals surface area contributed by atoms with Crippen LogP contribution in [0.1, 0.15) is 29.1 Å². The number of nitrogens with one attached hydrogen (secondary N) is 1. The largest absolute Gasteiger partial charge is 0.305 e. The second-order valence-corrected chi connectivity index (χ2v) is 6.02. The van der Waals surface area contributed by atoms with Gasteiger partial charge >= 0.3 is 0 Å². The second-order valence-electron chi connectivity index (χ2n) is 5.04. The Bertz CT molecular complexity index is 715. The summed E-state index contributed by atoms with van der Waals surface area (Å²) in [5, 5.41) is 11.2. The van der Waals surface area contributed by atoms with Crippen LogP contribution in [0.4, 0.5) is 0 Å². The molecular formula is C15H18N4S. The van der Waals surface area contributed by atoms with E-state index in [4.69, 9.17) is 0 Å². The molecule has 0 aliphatic heterocycles. The van der Waals surface area contributed by atoms with Crippen LogP contribution in [0.25, 0.3) is 11.0 Å². The van der Waals surface area contributed by atoms with Crippen LogP contribution in [0.5, 0.6) is 0 Å². The topological polar surface area (TPSA) is 42.7 Å². The maximum absolute atomic E-state index is 4.51. The summed E-state index contributed by atoms with van der Waals surface area (Å²) in [7, 11) is 1.93. The standard InChI is InChI=1S/C15H18N4S/c1-10-13-7-12(9-17-15(13)19(3)18-10)8-16-11(2)14-5-4-6-20-14/h4-7,9,11,16H,8H2,1-3H3/t11-/m1/s1. The molecule has 0 saturated heterocycles. The fourth-order valence-corrected chi connectivity index (χ4v) is 3.12. The van der Waals surface area contributed by atoms with Gasteiger partial charge in [-0.05, 0) is 36.9 Å². The average Bonchev–Trinajstić information content (AvgIpc) is 3.06. The maximum atomic E-state index is 4.51. The third-order valence-corrected chi connectivity index (χ3v) is 4.56. The Labute approximate surface area is 122 Å². The summed E-state index contributed by atoms with van der Waals surface area (Å²) in [5.74, 6) is 0. The van der Waals surface area contributed by atoms with Crippen molar-refractivity contribution >= 4 is 22.4 Å². The molecule has 3 rings (SSSR count). The average molecular weight is 286 g/mol. The second kappa shape index (κ2) is 5.34. The zero-order chi connectivity index (χ0) is 14.1. The van der Waals surface area contributed by atoms with Crippen LogP contribution in [0.2, 0.25) is 0 Å². The Morgan fingerprint density at radius 2 is 2.30 bits per heavy atom. The monoisotopic (exact) mass is 286 g/mol. The molecule has 0 unspecified atom stereocenters. The minimum Gasteiger partial charge on any atom is -0.305 e. The number of nitrogens with zero attached hydrogens (tertiary/aromatic N) is 3. The number of aromatic nitrogens is 3. The number of aryl methyl sites for hydroxylation is 2. The molecule has 0 fully saturated rings. The Morgan fingerprint density at radius 3 is 3.05 bits per heavy atom. The molecule has 3 heterocycles. The normalized spacial score (nSPS) is 12.9. The maximum Gasteiger partial charge on any atom is 0.157 e. The van der Waals surface area contributed by atoms with E-state index in [1.165, 1.54) is 10.4 Å². The van der Waals surface area contributed by atoms with E-state index in [0.29, 0.717) is 6.04 Å². The summed E-state index contributed by atoms with van der Waals surface area (Å²) in [4.78, 5) is 5.86. The van der Waals surface area contributed by atoms with Crippen LogP contribution < -0.4 is 5.32 Å². The first-order valence-electron chi connectivity index (χ1n) is 6.70. The van der Waals surface area contributed by atoms with E-state index in [0.717, 1.165) is 23.3 Å². The fraction of sp³-hybridized carbons (Fsp3) is 0.333. The Morgan fingerprint density at radius 1 is 1.45 bits per heavy atom. The van der Waals surface area contributed by atoms with Crippen LogP contribution in [0, 0.1) is 6.92 Å². The van der Waals surface area contributed by atoms with Gasteiger partial charge in [0.25, 0.3) is 0 Å². The van der Waals surface area contributed by atoms with Gasteiger partial charge in [0, 0.05) is 36.1 Å². The molecule has 20 heavy (non-hydrogen) atoms. The van der Waals surface area contributed by atoms with Crippen molar-refractivity contribution in [1.29, 1.82) is 0 Å². The predicted octanol–water partition coefficient (Wildman–Crippen LogP) is 3.19. The van der Waals surface area contributed by atoms with E-state index in [2.05, 4.69) is 45.9 Å². The molecule has 0 radical (unpaired) electrons. The third-order valence-electron chi connectivity index (χ3n) is 3.50. The van der Waals surface area contributed by atoms with Gasteiger partial charge in [0.05, 0.1) is 5.69 Å². The fourth-order valence-electron chi connectivity index (χ4n) is 2.36. The van der Waals surface area contributed by atoms with E-state index in [9.17, 15) is 0 Å². The minimum atomic E-state index is 0.362. The molecule has 4 nitrogen and oxygen atoms in total. The van der Waals surface area contributed by atoms with Gasteiger partial charge in [0.2, 0.25) is 0 Å². The zero-order valence-corrected chi connectivity index (χ0v) is 12.7. The third kappa shape index (κ3) is 2.46. The Kier molecular flexibility index (Phi) is 3.54. The van der Waals surface area contributed by atoms with Gasteiger partial charge in [0.1, 0.15) is 0 Å². The molecule has 1 N–H and O–H groups in total. The molecule has 0 spiro atoms. The van der Waals surface area contributed by atoms with Crippen LogP contribution >= 0.6 is 11.3 Å². The van der Waals surface area contributed by atoms with Crippen molar-refractivity contribution in [2.45, 2.75) is 26.4 Å². The number of fused-ring (bicyclic) bond motifs is 1. The SMILES string of the molecule is Cc1nn(C)c2ncc(CN[C@H](C)c3cccs3)cc12. The van der Waals surface area contributed by atoms with Crippen LogP contribution in [0.3, 0.4) is 0 Å². The van der Waals surface area contributed by atoms with E-state index in [1.807, 2.05) is 24.9 Å². The van der Waals surface area contributed by atoms with Crippen molar-refractivity contribution in [3.8, 4) is 0 Å². The van der Waals surface area contributed by atoms with E-state index in [1.54, 1.807) is 11.3 Å². The highest BCUT2D eigenvalue weighted by Gasteiger charge is 2.09. The molecule has 3 aromatic rings. The van der Waals surface area contributed by atoms with Crippen molar-refractivity contribution in [2.24, 2.45) is 7.05 Å². The molecule has 5 heteroatoms. The Balaban J connectivity index is 1.76. The van der Waals surface area contributed by atoms with Gasteiger partial charge in [-0.1, -0.05) is 6.07 Å². The van der Waals surface area contributed by atoms with Crippen molar-refractivity contribution in [1.82, 2.24) is 20.1 Å². The first kappa shape index (κ1) is 13.3. The number of hydrogen-bond donors (Lipinski definition) is 1. The van der Waals surface area contributed by atoms with Crippen LogP contribution in [-0.2, 0) is 13.6 Å². The predicted molar refractivity (Wildman–Crippen MR) is 82.8 cm³/mol. The molecule has 0 saturated carbocycles. The van der Waals surface area contributed by atoms with Gasteiger partial charge in [-0.25, -0.2) is 4.98 Å².